The van der Waals surface area contributed by atoms with E-state index in [0.29, 0.717) is 18.0 Å². The van der Waals surface area contributed by atoms with Crippen LogP contribution in [0.25, 0.3) is 10.9 Å². The highest BCUT2D eigenvalue weighted by molar-refractivity contribution is 5.84. The molecule has 1 unspecified atom stereocenters. The van der Waals surface area contributed by atoms with Crippen LogP contribution in [0.3, 0.4) is 0 Å². The van der Waals surface area contributed by atoms with Crippen LogP contribution in [0.15, 0.2) is 72.9 Å². The van der Waals surface area contributed by atoms with Gasteiger partial charge >= 0.3 is 0 Å². The Kier molecular flexibility index (Phi) is 7.34. The first kappa shape index (κ1) is 23.2. The smallest absolute Gasteiger partial charge is 0.255 e. The van der Waals surface area contributed by atoms with E-state index in [2.05, 4.69) is 46.8 Å². The summed E-state index contributed by atoms with van der Waals surface area (Å²) in [6.45, 7) is 1.18. The number of hydrogen-bond donors (Lipinski definition) is 3. The summed E-state index contributed by atoms with van der Waals surface area (Å²) in [5.74, 6) is 1.49. The lowest BCUT2D eigenvalue weighted by Gasteiger charge is -2.19. The highest BCUT2D eigenvalue weighted by atomic mass is 16.5. The lowest BCUT2D eigenvalue weighted by Crippen LogP contribution is -2.22. The Morgan fingerprint density at radius 2 is 1.79 bits per heavy atom. The summed E-state index contributed by atoms with van der Waals surface area (Å²) in [5.41, 5.74) is 9.76. The molecule has 7 heteroatoms. The normalized spacial score (nSPS) is 11.8. The van der Waals surface area contributed by atoms with Gasteiger partial charge in [-0.3, -0.25) is 4.79 Å². The van der Waals surface area contributed by atoms with Crippen molar-refractivity contribution in [3.63, 3.8) is 0 Å². The molecule has 7 nitrogen and oxygen atoms in total. The SMILES string of the molecule is COc1ccc(C(CNCc2ccc(OCC(N)=O)c(OC)c2)c2c[nH]c3ccccc23)cc1. The van der Waals surface area contributed by atoms with Crippen LogP contribution in [-0.4, -0.2) is 38.3 Å². The van der Waals surface area contributed by atoms with Crippen molar-refractivity contribution in [2.24, 2.45) is 5.73 Å². The third-order valence-electron chi connectivity index (χ3n) is 5.79. The molecule has 4 N–H and O–H groups in total. The molecule has 1 atom stereocenters. The Morgan fingerprint density at radius 3 is 2.53 bits per heavy atom. The molecule has 0 aliphatic carbocycles. The van der Waals surface area contributed by atoms with Crippen molar-refractivity contribution in [3.8, 4) is 17.2 Å². The molecule has 1 amide bonds. The quantitative estimate of drug-likeness (QED) is 0.315. The van der Waals surface area contributed by atoms with Gasteiger partial charge < -0.3 is 30.2 Å². The number of primary amides is 1. The number of nitrogens with two attached hydrogens (primary N) is 1. The first-order valence-electron chi connectivity index (χ1n) is 11.1. The molecule has 0 aliphatic heterocycles. The zero-order valence-corrected chi connectivity index (χ0v) is 19.3. The minimum Gasteiger partial charge on any atom is -0.497 e. The Morgan fingerprint density at radius 1 is 1.00 bits per heavy atom. The predicted octanol–water partition coefficient (Wildman–Crippen LogP) is 3.97. The van der Waals surface area contributed by atoms with E-state index in [1.165, 1.54) is 16.5 Å². The monoisotopic (exact) mass is 459 g/mol. The lowest BCUT2D eigenvalue weighted by molar-refractivity contribution is -0.119. The van der Waals surface area contributed by atoms with E-state index in [4.69, 9.17) is 19.9 Å². The second-order valence-electron chi connectivity index (χ2n) is 7.99. The van der Waals surface area contributed by atoms with Crippen molar-refractivity contribution in [2.45, 2.75) is 12.5 Å². The number of benzene rings is 3. The van der Waals surface area contributed by atoms with Gasteiger partial charge in [-0.15, -0.1) is 0 Å². The van der Waals surface area contributed by atoms with E-state index in [1.54, 1.807) is 20.3 Å². The maximum Gasteiger partial charge on any atom is 0.255 e. The molecule has 3 aromatic carbocycles. The van der Waals surface area contributed by atoms with Gasteiger partial charge in [0, 0.05) is 36.1 Å². The van der Waals surface area contributed by atoms with E-state index in [0.717, 1.165) is 23.4 Å². The number of aromatic nitrogens is 1. The molecule has 176 valence electrons. The number of hydrogen-bond acceptors (Lipinski definition) is 5. The maximum atomic E-state index is 11.0. The van der Waals surface area contributed by atoms with E-state index >= 15 is 0 Å². The van der Waals surface area contributed by atoms with Crippen molar-refractivity contribution < 1.29 is 19.0 Å². The lowest BCUT2D eigenvalue weighted by atomic mass is 9.90. The number of carbonyl (C=O) groups is 1. The number of rotatable bonds is 11. The van der Waals surface area contributed by atoms with Gasteiger partial charge in [0.15, 0.2) is 18.1 Å². The molecule has 4 rings (SSSR count). The van der Waals surface area contributed by atoms with E-state index in [-0.39, 0.29) is 12.5 Å². The maximum absolute atomic E-state index is 11.0. The molecule has 1 heterocycles. The third-order valence-corrected chi connectivity index (χ3v) is 5.79. The standard InChI is InChI=1S/C27H29N3O4/c1-32-20-10-8-19(9-11-20)22(23-16-30-24-6-4-3-5-21(23)24)15-29-14-18-7-12-25(26(13-18)33-2)34-17-27(28)31/h3-13,16,22,29-30H,14-15,17H2,1-2H3,(H2,28,31). The van der Waals surface area contributed by atoms with Crippen molar-refractivity contribution in [3.05, 3.63) is 89.6 Å². The van der Waals surface area contributed by atoms with Crippen molar-refractivity contribution in [2.75, 3.05) is 27.4 Å². The molecular formula is C27H29N3O4. The third kappa shape index (κ3) is 5.32. The highest BCUT2D eigenvalue weighted by Gasteiger charge is 2.18. The molecule has 0 saturated carbocycles. The first-order valence-corrected chi connectivity index (χ1v) is 11.1. The van der Waals surface area contributed by atoms with Crippen LogP contribution in [0.4, 0.5) is 0 Å². The molecule has 1 aromatic heterocycles. The second-order valence-corrected chi connectivity index (χ2v) is 7.99. The molecular weight excluding hydrogens is 430 g/mol. The van der Waals surface area contributed by atoms with Gasteiger partial charge in [-0.2, -0.15) is 0 Å². The van der Waals surface area contributed by atoms with Crippen molar-refractivity contribution >= 4 is 16.8 Å². The fourth-order valence-electron chi connectivity index (χ4n) is 4.08. The number of ether oxygens (including phenoxy) is 3. The Bertz CT molecular complexity index is 1250. The summed E-state index contributed by atoms with van der Waals surface area (Å²) in [7, 11) is 3.24. The molecule has 34 heavy (non-hydrogen) atoms. The number of nitrogens with one attached hydrogen (secondary N) is 2. The molecule has 0 spiro atoms. The first-order chi connectivity index (χ1) is 16.6. The minimum absolute atomic E-state index is 0.141. The fraction of sp³-hybridized carbons (Fsp3) is 0.222. The van der Waals surface area contributed by atoms with Gasteiger partial charge in [-0.25, -0.2) is 0 Å². The fourth-order valence-corrected chi connectivity index (χ4v) is 4.08. The van der Waals surface area contributed by atoms with Crippen LogP contribution < -0.4 is 25.3 Å². The number of amides is 1. The van der Waals surface area contributed by atoms with Crippen LogP contribution >= 0.6 is 0 Å². The second kappa shape index (κ2) is 10.8. The molecule has 0 radical (unpaired) electrons. The van der Waals surface area contributed by atoms with Gasteiger partial charge in [0.05, 0.1) is 14.2 Å². The number of methoxy groups -OCH3 is 2. The van der Waals surface area contributed by atoms with Gasteiger partial charge in [0.1, 0.15) is 5.75 Å². The predicted molar refractivity (Wildman–Crippen MR) is 133 cm³/mol. The van der Waals surface area contributed by atoms with Crippen LogP contribution in [0.5, 0.6) is 17.2 Å². The summed E-state index contributed by atoms with van der Waals surface area (Å²) in [5, 5.41) is 4.80. The Balaban J connectivity index is 1.52. The minimum atomic E-state index is -0.533. The molecule has 4 aromatic rings. The van der Waals surface area contributed by atoms with Crippen LogP contribution in [0.1, 0.15) is 22.6 Å². The average Bonchev–Trinajstić information content (AvgIpc) is 3.29. The largest absolute Gasteiger partial charge is 0.497 e. The van der Waals surface area contributed by atoms with Crippen LogP contribution in [-0.2, 0) is 11.3 Å². The van der Waals surface area contributed by atoms with Gasteiger partial charge in [0.25, 0.3) is 5.91 Å². The number of fused-ring (bicyclic) bond motifs is 1. The molecule has 0 bridgehead atoms. The summed E-state index contributed by atoms with van der Waals surface area (Å²) >= 11 is 0. The molecule has 0 fully saturated rings. The average molecular weight is 460 g/mol. The van der Waals surface area contributed by atoms with Gasteiger partial charge in [0.2, 0.25) is 0 Å². The van der Waals surface area contributed by atoms with Crippen LogP contribution in [0, 0.1) is 0 Å². The summed E-state index contributed by atoms with van der Waals surface area (Å²) in [6.07, 6.45) is 2.09. The Labute approximate surface area is 198 Å². The van der Waals surface area contributed by atoms with E-state index < -0.39 is 5.91 Å². The summed E-state index contributed by atoms with van der Waals surface area (Å²) in [6, 6.07) is 22.2. The Hall–Kier alpha value is -3.97. The number of carbonyl (C=O) groups excluding carboxylic acids is 1. The summed E-state index contributed by atoms with van der Waals surface area (Å²) < 4.78 is 16.2. The van der Waals surface area contributed by atoms with Crippen molar-refractivity contribution in [1.82, 2.24) is 10.3 Å². The van der Waals surface area contributed by atoms with Gasteiger partial charge in [-0.1, -0.05) is 36.4 Å². The van der Waals surface area contributed by atoms with Gasteiger partial charge in [-0.05, 0) is 47.0 Å². The van der Waals surface area contributed by atoms with Crippen molar-refractivity contribution in [1.29, 1.82) is 0 Å². The van der Waals surface area contributed by atoms with E-state index in [9.17, 15) is 4.79 Å². The van der Waals surface area contributed by atoms with Crippen LogP contribution in [0.2, 0.25) is 0 Å². The zero-order valence-electron chi connectivity index (χ0n) is 19.3. The summed E-state index contributed by atoms with van der Waals surface area (Å²) in [4.78, 5) is 14.4. The number of para-hydroxylation sites is 1. The zero-order chi connectivity index (χ0) is 23.9. The number of aromatic amines is 1. The topological polar surface area (TPSA) is 98.6 Å². The molecule has 0 aliphatic rings. The molecule has 0 saturated heterocycles. The van der Waals surface area contributed by atoms with E-state index in [1.807, 2.05) is 30.3 Å². The number of H-pyrrole nitrogens is 1. The highest BCUT2D eigenvalue weighted by Crippen LogP contribution is 2.32.